The van der Waals surface area contributed by atoms with E-state index in [1.807, 2.05) is 0 Å². The molecule has 0 bridgehead atoms. The Bertz CT molecular complexity index is 582. The van der Waals surface area contributed by atoms with E-state index in [0.717, 1.165) is 18.4 Å². The fourth-order valence-electron chi connectivity index (χ4n) is 1.96. The smallest absolute Gasteiger partial charge is 0.240 e. The highest BCUT2D eigenvalue weighted by Gasteiger charge is 2.23. The van der Waals surface area contributed by atoms with Crippen LogP contribution in [-0.2, 0) is 16.6 Å². The van der Waals surface area contributed by atoms with Gasteiger partial charge >= 0.3 is 0 Å². The molecule has 0 spiro atoms. The van der Waals surface area contributed by atoms with E-state index in [9.17, 15) is 8.42 Å². The molecule has 1 aromatic rings. The van der Waals surface area contributed by atoms with Crippen molar-refractivity contribution in [3.8, 4) is 11.5 Å². The van der Waals surface area contributed by atoms with Crippen molar-refractivity contribution in [1.82, 2.24) is 10.0 Å². The van der Waals surface area contributed by atoms with E-state index in [-0.39, 0.29) is 4.90 Å². The van der Waals surface area contributed by atoms with Crippen molar-refractivity contribution in [1.29, 1.82) is 0 Å². The van der Waals surface area contributed by atoms with Crippen molar-refractivity contribution in [3.63, 3.8) is 0 Å². The van der Waals surface area contributed by atoms with Gasteiger partial charge in [-0.25, -0.2) is 13.1 Å². The second kappa shape index (κ2) is 5.99. The van der Waals surface area contributed by atoms with Crippen LogP contribution in [0.1, 0.15) is 18.4 Å². The number of hydrogen-bond acceptors (Lipinski definition) is 5. The first-order valence-electron chi connectivity index (χ1n) is 6.43. The van der Waals surface area contributed by atoms with Crippen molar-refractivity contribution >= 4 is 10.0 Å². The highest BCUT2D eigenvalue weighted by atomic mass is 32.2. The number of rotatable bonds is 7. The van der Waals surface area contributed by atoms with Gasteiger partial charge in [-0.15, -0.1) is 0 Å². The van der Waals surface area contributed by atoms with E-state index < -0.39 is 10.0 Å². The molecular formula is C13H20N2O4S. The van der Waals surface area contributed by atoms with Gasteiger partial charge in [-0.3, -0.25) is 0 Å². The first-order valence-corrected chi connectivity index (χ1v) is 7.92. The van der Waals surface area contributed by atoms with Crippen LogP contribution in [0.2, 0.25) is 0 Å². The van der Waals surface area contributed by atoms with Crippen LogP contribution < -0.4 is 19.5 Å². The molecule has 0 heterocycles. The molecule has 20 heavy (non-hydrogen) atoms. The average Bonchev–Trinajstić information content (AvgIpc) is 3.27. The minimum atomic E-state index is -3.51. The number of ether oxygens (including phenoxy) is 2. The van der Waals surface area contributed by atoms with Crippen LogP contribution in [0, 0.1) is 0 Å². The fraction of sp³-hybridized carbons (Fsp3) is 0.538. The summed E-state index contributed by atoms with van der Waals surface area (Å²) in [5.74, 6) is 0.979. The molecule has 0 aromatic heterocycles. The zero-order valence-corrected chi connectivity index (χ0v) is 12.7. The largest absolute Gasteiger partial charge is 0.493 e. The number of hydrogen-bond donors (Lipinski definition) is 2. The Kier molecular flexibility index (Phi) is 4.52. The lowest BCUT2D eigenvalue weighted by Crippen LogP contribution is -2.20. The Morgan fingerprint density at radius 2 is 1.95 bits per heavy atom. The molecule has 0 amide bonds. The minimum Gasteiger partial charge on any atom is -0.493 e. The van der Waals surface area contributed by atoms with Crippen molar-refractivity contribution in [2.75, 3.05) is 21.3 Å². The van der Waals surface area contributed by atoms with Crippen molar-refractivity contribution < 1.29 is 17.9 Å². The van der Waals surface area contributed by atoms with Crippen LogP contribution in [0.5, 0.6) is 11.5 Å². The monoisotopic (exact) mass is 300 g/mol. The molecule has 6 nitrogen and oxygen atoms in total. The molecule has 0 atom stereocenters. The molecule has 1 aliphatic rings. The van der Waals surface area contributed by atoms with E-state index in [1.165, 1.54) is 20.2 Å². The highest BCUT2D eigenvalue weighted by Crippen LogP contribution is 2.34. The third-order valence-corrected chi connectivity index (χ3v) is 4.66. The molecule has 0 radical (unpaired) electrons. The minimum absolute atomic E-state index is 0.172. The van der Waals surface area contributed by atoms with E-state index in [0.29, 0.717) is 24.1 Å². The zero-order valence-electron chi connectivity index (χ0n) is 11.9. The maximum atomic E-state index is 11.9. The molecule has 1 aromatic carbocycles. The maximum Gasteiger partial charge on any atom is 0.240 e. The SMILES string of the molecule is CNS(=O)(=O)c1cc(CNC2CC2)c(OC)c(OC)c1. The second-order valence-corrected chi connectivity index (χ2v) is 6.57. The molecule has 0 unspecified atom stereocenters. The van der Waals surface area contributed by atoms with Gasteiger partial charge < -0.3 is 14.8 Å². The van der Waals surface area contributed by atoms with Gasteiger partial charge in [0.25, 0.3) is 0 Å². The zero-order chi connectivity index (χ0) is 14.8. The predicted octanol–water partition coefficient (Wildman–Crippen LogP) is 0.864. The highest BCUT2D eigenvalue weighted by molar-refractivity contribution is 7.89. The summed E-state index contributed by atoms with van der Waals surface area (Å²) in [5.41, 5.74) is 0.771. The van der Waals surface area contributed by atoms with Crippen LogP contribution in [-0.4, -0.2) is 35.7 Å². The standard InChI is InChI=1S/C13H20N2O4S/c1-14-20(16,17)11-6-9(8-15-10-4-5-10)13(19-3)12(7-11)18-2/h6-7,10,14-15H,4-5,8H2,1-3H3. The lowest BCUT2D eigenvalue weighted by atomic mass is 10.2. The molecule has 0 saturated heterocycles. The van der Waals surface area contributed by atoms with Gasteiger partial charge in [0.05, 0.1) is 19.1 Å². The van der Waals surface area contributed by atoms with E-state index in [2.05, 4.69) is 10.0 Å². The first kappa shape index (κ1) is 15.1. The summed E-state index contributed by atoms with van der Waals surface area (Å²) in [6.07, 6.45) is 2.32. The summed E-state index contributed by atoms with van der Waals surface area (Å²) >= 11 is 0. The van der Waals surface area contributed by atoms with Crippen molar-refractivity contribution in [2.45, 2.75) is 30.3 Å². The summed E-state index contributed by atoms with van der Waals surface area (Å²) in [5, 5.41) is 3.34. The third-order valence-electron chi connectivity index (χ3n) is 3.27. The Morgan fingerprint density at radius 1 is 1.25 bits per heavy atom. The maximum absolute atomic E-state index is 11.9. The molecule has 7 heteroatoms. The third kappa shape index (κ3) is 3.23. The fourth-order valence-corrected chi connectivity index (χ4v) is 2.76. The number of nitrogens with one attached hydrogen (secondary N) is 2. The summed E-state index contributed by atoms with van der Waals surface area (Å²) in [6.45, 7) is 0.553. The van der Waals surface area contributed by atoms with Gasteiger partial charge in [-0.2, -0.15) is 0 Å². The van der Waals surface area contributed by atoms with E-state index in [4.69, 9.17) is 9.47 Å². The summed E-state index contributed by atoms with van der Waals surface area (Å²) in [6, 6.07) is 3.60. The Hall–Kier alpha value is -1.31. The molecule has 2 N–H and O–H groups in total. The van der Waals surface area contributed by atoms with E-state index in [1.54, 1.807) is 13.2 Å². The normalized spacial score (nSPS) is 15.2. The van der Waals surface area contributed by atoms with Gasteiger partial charge in [-0.05, 0) is 26.0 Å². The Labute approximate surface area is 119 Å². The number of benzene rings is 1. The molecule has 1 saturated carbocycles. The van der Waals surface area contributed by atoms with Crippen molar-refractivity contribution in [3.05, 3.63) is 17.7 Å². The number of sulfonamides is 1. The van der Waals surface area contributed by atoms with Gasteiger partial charge in [0.2, 0.25) is 10.0 Å². The topological polar surface area (TPSA) is 76.7 Å². The molecule has 112 valence electrons. The van der Waals surface area contributed by atoms with Gasteiger partial charge in [0.15, 0.2) is 11.5 Å². The quantitative estimate of drug-likeness (QED) is 0.781. The Morgan fingerprint density at radius 3 is 2.45 bits per heavy atom. The summed E-state index contributed by atoms with van der Waals surface area (Å²) in [4.78, 5) is 0.172. The van der Waals surface area contributed by atoms with E-state index >= 15 is 0 Å². The molecule has 2 rings (SSSR count). The molecule has 1 aliphatic carbocycles. The van der Waals surface area contributed by atoms with Crippen LogP contribution in [0.15, 0.2) is 17.0 Å². The van der Waals surface area contributed by atoms with Crippen LogP contribution >= 0.6 is 0 Å². The Balaban J connectivity index is 2.41. The lowest BCUT2D eigenvalue weighted by Gasteiger charge is -2.15. The van der Waals surface area contributed by atoms with Gasteiger partial charge in [0.1, 0.15) is 0 Å². The van der Waals surface area contributed by atoms with Gasteiger partial charge in [-0.1, -0.05) is 0 Å². The number of methoxy groups -OCH3 is 2. The second-order valence-electron chi connectivity index (χ2n) is 4.68. The molecule has 1 fully saturated rings. The lowest BCUT2D eigenvalue weighted by molar-refractivity contribution is 0.349. The van der Waals surface area contributed by atoms with Crippen LogP contribution in [0.4, 0.5) is 0 Å². The van der Waals surface area contributed by atoms with Crippen LogP contribution in [0.3, 0.4) is 0 Å². The van der Waals surface area contributed by atoms with Crippen LogP contribution in [0.25, 0.3) is 0 Å². The van der Waals surface area contributed by atoms with Gasteiger partial charge in [0, 0.05) is 24.2 Å². The van der Waals surface area contributed by atoms with Crippen molar-refractivity contribution in [2.24, 2.45) is 0 Å². The molecular weight excluding hydrogens is 280 g/mol. The average molecular weight is 300 g/mol. The predicted molar refractivity (Wildman–Crippen MR) is 75.7 cm³/mol. The first-order chi connectivity index (χ1) is 9.51. The molecule has 0 aliphatic heterocycles. The summed E-state index contributed by atoms with van der Waals surface area (Å²) < 4.78 is 36.8. The summed E-state index contributed by atoms with van der Waals surface area (Å²) in [7, 11) is 0.907.